The number of rotatable bonds is 1. The van der Waals surface area contributed by atoms with Gasteiger partial charge in [0.25, 0.3) is 0 Å². The van der Waals surface area contributed by atoms with Crippen LogP contribution in [-0.2, 0) is 5.41 Å². The van der Waals surface area contributed by atoms with E-state index in [0.717, 1.165) is 0 Å². The number of hydrogen-bond acceptors (Lipinski definition) is 4. The molecule has 1 unspecified atom stereocenters. The number of ketones is 1. The van der Waals surface area contributed by atoms with Gasteiger partial charge in [0.15, 0.2) is 17.2 Å². The molecule has 0 radical (unpaired) electrons. The van der Waals surface area contributed by atoms with Gasteiger partial charge in [-0.2, -0.15) is 0 Å². The van der Waals surface area contributed by atoms with E-state index in [9.17, 15) is 4.79 Å². The average Bonchev–Trinajstić information content (AvgIpc) is 2.26. The topological polar surface area (TPSA) is 52.1 Å². The number of hydrogen-bond donors (Lipinski definition) is 0. The van der Waals surface area contributed by atoms with Gasteiger partial charge < -0.3 is 4.74 Å². The van der Waals surface area contributed by atoms with E-state index in [1.165, 1.54) is 0 Å². The molecule has 1 aliphatic rings. The Balaban J connectivity index is 2.51. The first-order valence-electron chi connectivity index (χ1n) is 6.50. The third-order valence-corrected chi connectivity index (χ3v) is 3.20. The summed E-state index contributed by atoms with van der Waals surface area (Å²) < 4.78 is 5.60. The number of Topliss-reactive ketones (excluding diaryl/α,β-unsaturated/α-hetero) is 1. The van der Waals surface area contributed by atoms with Gasteiger partial charge in [-0.3, -0.25) is 4.79 Å². The average molecular weight is 260 g/mol. The van der Waals surface area contributed by atoms with E-state index in [1.54, 1.807) is 6.20 Å². The minimum Gasteiger partial charge on any atom is -0.458 e. The second-order valence-electron chi connectivity index (χ2n) is 6.31. The summed E-state index contributed by atoms with van der Waals surface area (Å²) in [6, 6.07) is 0. The van der Waals surface area contributed by atoms with Crippen LogP contribution in [0.4, 0.5) is 0 Å². The Kier molecular flexibility index (Phi) is 3.20. The van der Waals surface area contributed by atoms with E-state index >= 15 is 0 Å². The molecule has 1 atom stereocenters. The lowest BCUT2D eigenvalue weighted by molar-refractivity contribution is 0.0846. The predicted molar refractivity (Wildman–Crippen MR) is 73.2 cm³/mol. The molecule has 0 N–H and O–H groups in total. The van der Waals surface area contributed by atoms with Crippen molar-refractivity contribution in [3.8, 4) is 5.75 Å². The van der Waals surface area contributed by atoms with Gasteiger partial charge in [0.05, 0.1) is 12.1 Å². The first-order chi connectivity index (χ1) is 8.71. The Labute approximate surface area is 113 Å². The van der Waals surface area contributed by atoms with Gasteiger partial charge in [0.1, 0.15) is 11.6 Å². The zero-order chi connectivity index (χ0) is 14.4. The van der Waals surface area contributed by atoms with Gasteiger partial charge in [0, 0.05) is 5.41 Å². The van der Waals surface area contributed by atoms with Gasteiger partial charge in [-0.05, 0) is 5.92 Å². The van der Waals surface area contributed by atoms with Crippen LogP contribution in [0.25, 0.3) is 0 Å². The Bertz CT molecular complexity index is 542. The summed E-state index contributed by atoms with van der Waals surface area (Å²) >= 11 is 0. The fourth-order valence-corrected chi connectivity index (χ4v) is 2.16. The molecule has 0 aromatic carbocycles. The number of carbonyl (C=O) groups excluding carboxylic acids is 1. The lowest BCUT2D eigenvalue weighted by atomic mass is 9.86. The molecule has 0 spiro atoms. The number of aromatic nitrogens is 2. The van der Waals surface area contributed by atoms with Crippen LogP contribution < -0.4 is 4.74 Å². The smallest absolute Gasteiger partial charge is 0.195 e. The molecule has 102 valence electrons. The number of nitrogens with zero attached hydrogens (tertiary/aromatic N) is 2. The minimum absolute atomic E-state index is 0.0193. The van der Waals surface area contributed by atoms with Crippen molar-refractivity contribution >= 4 is 5.78 Å². The molecular weight excluding hydrogens is 240 g/mol. The highest BCUT2D eigenvalue weighted by atomic mass is 16.5. The lowest BCUT2D eigenvalue weighted by Gasteiger charge is -2.28. The van der Waals surface area contributed by atoms with Gasteiger partial charge in [-0.15, -0.1) is 0 Å². The highest BCUT2D eigenvalue weighted by Gasteiger charge is 2.36. The van der Waals surface area contributed by atoms with Crippen molar-refractivity contribution in [2.45, 2.75) is 40.0 Å². The van der Waals surface area contributed by atoms with Crippen LogP contribution in [0.15, 0.2) is 18.5 Å². The second-order valence-corrected chi connectivity index (χ2v) is 6.31. The van der Waals surface area contributed by atoms with Crippen LogP contribution in [0.5, 0.6) is 5.75 Å². The van der Waals surface area contributed by atoms with Crippen LogP contribution in [0.3, 0.4) is 0 Å². The molecule has 4 heteroatoms. The summed E-state index contributed by atoms with van der Waals surface area (Å²) in [6.07, 6.45) is 1.57. The van der Waals surface area contributed by atoms with E-state index in [4.69, 9.17) is 4.74 Å². The third kappa shape index (κ3) is 2.39. The first kappa shape index (κ1) is 13.7. The lowest BCUT2D eigenvalue weighted by Crippen LogP contribution is -2.31. The molecule has 2 rings (SSSR count). The summed E-state index contributed by atoms with van der Waals surface area (Å²) in [5.41, 5.74) is 0.183. The van der Waals surface area contributed by atoms with E-state index in [1.807, 2.05) is 34.6 Å². The molecule has 1 aromatic heterocycles. The van der Waals surface area contributed by atoms with Crippen molar-refractivity contribution in [2.24, 2.45) is 11.8 Å². The molecule has 0 aliphatic carbocycles. The zero-order valence-electron chi connectivity index (χ0n) is 12.2. The van der Waals surface area contributed by atoms with Crippen molar-refractivity contribution in [2.75, 3.05) is 0 Å². The maximum Gasteiger partial charge on any atom is 0.195 e. The van der Waals surface area contributed by atoms with Gasteiger partial charge in [0.2, 0.25) is 0 Å². The van der Waals surface area contributed by atoms with Gasteiger partial charge in [-0.25, -0.2) is 9.97 Å². The molecule has 0 saturated carbocycles. The highest BCUT2D eigenvalue weighted by molar-refractivity contribution is 6.01. The molecule has 0 amide bonds. The third-order valence-electron chi connectivity index (χ3n) is 3.20. The van der Waals surface area contributed by atoms with Crippen molar-refractivity contribution in [1.82, 2.24) is 9.97 Å². The largest absolute Gasteiger partial charge is 0.458 e. The summed E-state index contributed by atoms with van der Waals surface area (Å²) in [6.45, 7) is 13.8. The minimum atomic E-state index is -0.324. The molecule has 1 aliphatic heterocycles. The Morgan fingerprint density at radius 2 is 2.00 bits per heavy atom. The number of carbonyl (C=O) groups is 1. The van der Waals surface area contributed by atoms with E-state index < -0.39 is 0 Å². The Hall–Kier alpha value is -1.71. The Morgan fingerprint density at radius 3 is 2.53 bits per heavy atom. The summed E-state index contributed by atoms with van der Waals surface area (Å²) in [5, 5.41) is 0. The summed E-state index contributed by atoms with van der Waals surface area (Å²) in [5.74, 6) is 1.35. The first-order valence-corrected chi connectivity index (χ1v) is 6.50. The molecule has 4 nitrogen and oxygen atoms in total. The van der Waals surface area contributed by atoms with Crippen LogP contribution in [0.2, 0.25) is 0 Å². The monoisotopic (exact) mass is 260 g/mol. The normalized spacial score (nSPS) is 19.4. The highest BCUT2D eigenvalue weighted by Crippen LogP contribution is 2.35. The van der Waals surface area contributed by atoms with E-state index in [-0.39, 0.29) is 23.0 Å². The van der Waals surface area contributed by atoms with Crippen molar-refractivity contribution in [3.63, 3.8) is 0 Å². The molecule has 19 heavy (non-hydrogen) atoms. The molecule has 1 aromatic rings. The van der Waals surface area contributed by atoms with E-state index in [0.29, 0.717) is 23.0 Å². The van der Waals surface area contributed by atoms with Crippen molar-refractivity contribution in [3.05, 3.63) is 30.1 Å². The summed E-state index contributed by atoms with van der Waals surface area (Å²) in [7, 11) is 0. The van der Waals surface area contributed by atoms with Gasteiger partial charge in [-0.1, -0.05) is 41.2 Å². The van der Waals surface area contributed by atoms with Crippen molar-refractivity contribution in [1.29, 1.82) is 0 Å². The fourth-order valence-electron chi connectivity index (χ4n) is 2.16. The number of fused-ring (bicyclic) bond motifs is 1. The number of allylic oxidation sites excluding steroid dienone is 1. The second kappa shape index (κ2) is 4.44. The maximum atomic E-state index is 12.5. The number of ether oxygens (including phenoxy) is 1. The van der Waals surface area contributed by atoms with Crippen molar-refractivity contribution < 1.29 is 9.53 Å². The van der Waals surface area contributed by atoms with Crippen LogP contribution in [0.1, 0.15) is 50.9 Å². The maximum absolute atomic E-state index is 12.5. The van der Waals surface area contributed by atoms with E-state index in [2.05, 4.69) is 16.5 Å². The standard InChI is InChI=1S/C15H20N2O2/c1-8(2)11-9(3)19-10-7-16-14(15(4,5)6)17-12(10)13(11)18/h7-8,11H,3H2,1-2,4-6H3. The van der Waals surface area contributed by atoms with Crippen LogP contribution >= 0.6 is 0 Å². The molecular formula is C15H20N2O2. The molecule has 0 bridgehead atoms. The predicted octanol–water partition coefficient (Wildman–Crippen LogP) is 3.14. The molecule has 2 heterocycles. The zero-order valence-corrected chi connectivity index (χ0v) is 12.2. The van der Waals surface area contributed by atoms with Crippen LogP contribution in [0, 0.1) is 11.8 Å². The fraction of sp³-hybridized carbons (Fsp3) is 0.533. The molecule has 0 fully saturated rings. The SMILES string of the molecule is C=C1Oc2cnc(C(C)(C)C)nc2C(=O)C1C(C)C. The Morgan fingerprint density at radius 1 is 1.37 bits per heavy atom. The summed E-state index contributed by atoms with van der Waals surface area (Å²) in [4.78, 5) is 21.2. The van der Waals surface area contributed by atoms with Crippen LogP contribution in [-0.4, -0.2) is 15.8 Å². The van der Waals surface area contributed by atoms with Gasteiger partial charge >= 0.3 is 0 Å². The molecule has 0 saturated heterocycles. The quantitative estimate of drug-likeness (QED) is 0.778.